The molecule has 0 radical (unpaired) electrons. The van der Waals surface area contributed by atoms with E-state index in [9.17, 15) is 0 Å². The highest BCUT2D eigenvalue weighted by atomic mass is 32.2. The minimum absolute atomic E-state index is 0.0374. The van der Waals surface area contributed by atoms with Crippen molar-refractivity contribution in [2.24, 2.45) is 17.4 Å². The zero-order valence-corrected chi connectivity index (χ0v) is 20.2. The third-order valence-electron chi connectivity index (χ3n) is 6.29. The summed E-state index contributed by atoms with van der Waals surface area (Å²) < 4.78 is 0. The van der Waals surface area contributed by atoms with Gasteiger partial charge in [-0.25, -0.2) is 0 Å². The zero-order chi connectivity index (χ0) is 23.8. The van der Waals surface area contributed by atoms with Crippen LogP contribution >= 0.6 is 11.8 Å². The van der Waals surface area contributed by atoms with Gasteiger partial charge in [-0.3, -0.25) is 0 Å². The highest BCUT2D eigenvalue weighted by Crippen LogP contribution is 2.33. The fourth-order valence-electron chi connectivity index (χ4n) is 4.43. The molecule has 10 heteroatoms. The van der Waals surface area contributed by atoms with Crippen molar-refractivity contribution >= 4 is 35.0 Å². The molecule has 1 aromatic heterocycles. The van der Waals surface area contributed by atoms with Gasteiger partial charge in [0.05, 0.1) is 12.1 Å². The van der Waals surface area contributed by atoms with Crippen molar-refractivity contribution in [3.05, 3.63) is 72.2 Å². The van der Waals surface area contributed by atoms with Crippen molar-refractivity contribution < 1.29 is 0 Å². The summed E-state index contributed by atoms with van der Waals surface area (Å²) in [6.07, 6.45) is 16.3. The zero-order valence-electron chi connectivity index (χ0n) is 19.4. The molecule has 2 aliphatic heterocycles. The number of benzene rings is 1. The van der Waals surface area contributed by atoms with Crippen LogP contribution in [-0.2, 0) is 0 Å². The Kier molecular flexibility index (Phi) is 6.03. The average Bonchev–Trinajstić information content (AvgIpc) is 2.84. The van der Waals surface area contributed by atoms with E-state index in [4.69, 9.17) is 11.5 Å². The van der Waals surface area contributed by atoms with Crippen LogP contribution in [0.3, 0.4) is 0 Å². The number of aromatic nitrogens is 3. The van der Waals surface area contributed by atoms with Gasteiger partial charge in [0.2, 0.25) is 11.9 Å². The van der Waals surface area contributed by atoms with E-state index in [1.807, 2.05) is 62.1 Å². The summed E-state index contributed by atoms with van der Waals surface area (Å²) in [6.45, 7) is 0. The topological polar surface area (TPSA) is 121 Å². The number of nitrogens with zero attached hydrogens (tertiary/aromatic N) is 5. The lowest BCUT2D eigenvalue weighted by Crippen LogP contribution is -2.46. The van der Waals surface area contributed by atoms with Crippen molar-refractivity contribution in [2.75, 3.05) is 35.9 Å². The minimum Gasteiger partial charge on any atom is -0.374 e. The Morgan fingerprint density at radius 3 is 2.56 bits per heavy atom. The third-order valence-corrected chi connectivity index (χ3v) is 6.84. The van der Waals surface area contributed by atoms with E-state index in [2.05, 4.69) is 54.6 Å². The largest absolute Gasteiger partial charge is 0.374 e. The Morgan fingerprint density at radius 1 is 0.971 bits per heavy atom. The Labute approximate surface area is 203 Å². The SMILES string of the molecule is CSc1nc(NC2=CC3C(N)C=CN(C)C3C=C2)nc(Nc2ccc3c(c2)C(N)C=CN3C)n1. The van der Waals surface area contributed by atoms with Gasteiger partial charge in [0.25, 0.3) is 0 Å². The maximum Gasteiger partial charge on any atom is 0.233 e. The molecule has 5 rings (SSSR count). The van der Waals surface area contributed by atoms with Gasteiger partial charge in [-0.05, 0) is 48.4 Å². The summed E-state index contributed by atoms with van der Waals surface area (Å²) in [5, 5.41) is 7.27. The quantitative estimate of drug-likeness (QED) is 0.480. The highest BCUT2D eigenvalue weighted by molar-refractivity contribution is 7.98. The first-order valence-electron chi connectivity index (χ1n) is 11.1. The smallest absolute Gasteiger partial charge is 0.233 e. The number of fused-ring (bicyclic) bond motifs is 2. The van der Waals surface area contributed by atoms with Crippen LogP contribution in [0.4, 0.5) is 23.3 Å². The van der Waals surface area contributed by atoms with Gasteiger partial charge < -0.3 is 31.9 Å². The van der Waals surface area contributed by atoms with Gasteiger partial charge in [0, 0.05) is 49.3 Å². The van der Waals surface area contributed by atoms with Gasteiger partial charge in [0.1, 0.15) is 0 Å². The number of hydrogen-bond donors (Lipinski definition) is 4. The van der Waals surface area contributed by atoms with Crippen molar-refractivity contribution in [3.8, 4) is 0 Å². The third kappa shape index (κ3) is 4.39. The second kappa shape index (κ2) is 9.13. The number of rotatable bonds is 5. The molecule has 1 aliphatic carbocycles. The monoisotopic (exact) mass is 475 g/mol. The Morgan fingerprint density at radius 2 is 1.76 bits per heavy atom. The van der Waals surface area contributed by atoms with E-state index in [1.54, 1.807) is 0 Å². The molecule has 0 amide bonds. The molecule has 34 heavy (non-hydrogen) atoms. The Balaban J connectivity index is 1.38. The van der Waals surface area contributed by atoms with Crippen LogP contribution in [0.2, 0.25) is 0 Å². The van der Waals surface area contributed by atoms with Crippen LogP contribution in [0.15, 0.2) is 71.8 Å². The molecule has 0 bridgehead atoms. The van der Waals surface area contributed by atoms with Crippen molar-refractivity contribution in [3.63, 3.8) is 0 Å². The van der Waals surface area contributed by atoms with Gasteiger partial charge >= 0.3 is 0 Å². The molecular formula is C24H29N9S. The molecule has 0 saturated heterocycles. The summed E-state index contributed by atoms with van der Waals surface area (Å²) in [5.41, 5.74) is 16.5. The van der Waals surface area contributed by atoms with Gasteiger partial charge in [0.15, 0.2) is 5.16 Å². The first-order chi connectivity index (χ1) is 16.4. The Bertz CT molecular complexity index is 1200. The molecule has 4 atom stereocenters. The molecular weight excluding hydrogens is 446 g/mol. The van der Waals surface area contributed by atoms with Crippen LogP contribution in [0.25, 0.3) is 0 Å². The number of hydrogen-bond acceptors (Lipinski definition) is 10. The second-order valence-electron chi connectivity index (χ2n) is 8.60. The summed E-state index contributed by atoms with van der Waals surface area (Å²) in [7, 11) is 4.07. The Hall–Kier alpha value is -3.34. The summed E-state index contributed by atoms with van der Waals surface area (Å²) in [5.74, 6) is 1.11. The van der Waals surface area contributed by atoms with Crippen LogP contribution in [0.1, 0.15) is 11.6 Å². The van der Waals surface area contributed by atoms with E-state index in [-0.39, 0.29) is 24.0 Å². The molecule has 6 N–H and O–H groups in total. The molecule has 1 aromatic carbocycles. The normalized spacial score (nSPS) is 25.0. The molecule has 176 valence electrons. The fraction of sp³-hybridized carbons (Fsp3) is 0.292. The van der Waals surface area contributed by atoms with E-state index in [1.165, 1.54) is 11.8 Å². The fourth-order valence-corrected chi connectivity index (χ4v) is 4.78. The van der Waals surface area contributed by atoms with Gasteiger partial charge in [-0.1, -0.05) is 30.0 Å². The lowest BCUT2D eigenvalue weighted by Gasteiger charge is -2.38. The first kappa shape index (κ1) is 22.5. The molecule has 0 saturated carbocycles. The van der Waals surface area contributed by atoms with Crippen LogP contribution in [0.5, 0.6) is 0 Å². The number of thioether (sulfide) groups is 1. The van der Waals surface area contributed by atoms with Crippen molar-refractivity contribution in [2.45, 2.75) is 23.3 Å². The predicted molar refractivity (Wildman–Crippen MR) is 139 cm³/mol. The summed E-state index contributed by atoms with van der Waals surface area (Å²) in [6, 6.07) is 6.13. The molecule has 3 heterocycles. The van der Waals surface area contributed by atoms with E-state index < -0.39 is 0 Å². The first-order valence-corrected chi connectivity index (χ1v) is 12.3. The number of nitrogens with two attached hydrogens (primary N) is 2. The average molecular weight is 476 g/mol. The molecule has 9 nitrogen and oxygen atoms in total. The maximum absolute atomic E-state index is 6.34. The molecule has 0 spiro atoms. The van der Waals surface area contributed by atoms with E-state index >= 15 is 0 Å². The van der Waals surface area contributed by atoms with Gasteiger partial charge in [-0.2, -0.15) is 15.0 Å². The van der Waals surface area contributed by atoms with Gasteiger partial charge in [-0.15, -0.1) is 0 Å². The summed E-state index contributed by atoms with van der Waals surface area (Å²) in [4.78, 5) is 17.9. The standard InChI is InChI=1S/C24H29N9S/c1-32-10-8-18(25)16-12-14(4-6-20(16)32)27-22-29-23(31-24(30-22)34-3)28-15-5-7-21-17(13-15)19(26)9-11-33(21)2/h4-13,16,18-20H,25-26H2,1-3H3,(H2,27,28,29,30,31). The number of nitrogens with one attached hydrogen (secondary N) is 2. The number of anilines is 4. The lowest BCUT2D eigenvalue weighted by atomic mass is 9.84. The van der Waals surface area contributed by atoms with Crippen LogP contribution in [-0.4, -0.2) is 52.3 Å². The molecule has 0 fully saturated rings. The maximum atomic E-state index is 6.34. The van der Waals surface area contributed by atoms with Crippen LogP contribution < -0.4 is 27.0 Å². The minimum atomic E-state index is -0.154. The van der Waals surface area contributed by atoms with E-state index in [0.717, 1.165) is 22.6 Å². The van der Waals surface area contributed by atoms with Crippen molar-refractivity contribution in [1.29, 1.82) is 0 Å². The van der Waals surface area contributed by atoms with Crippen molar-refractivity contribution in [1.82, 2.24) is 19.9 Å². The van der Waals surface area contributed by atoms with Crippen LogP contribution in [0, 0.1) is 5.92 Å². The molecule has 4 unspecified atom stereocenters. The van der Waals surface area contributed by atoms with E-state index in [0.29, 0.717) is 17.1 Å². The summed E-state index contributed by atoms with van der Waals surface area (Å²) >= 11 is 1.46. The molecule has 3 aliphatic rings. The molecule has 2 aromatic rings. The highest BCUT2D eigenvalue weighted by Gasteiger charge is 2.30. The number of allylic oxidation sites excluding steroid dienone is 1. The number of likely N-dealkylation sites (N-methyl/N-ethyl adjacent to an activating group) is 1. The predicted octanol–water partition coefficient (Wildman–Crippen LogP) is 2.94. The lowest BCUT2D eigenvalue weighted by molar-refractivity contribution is 0.277. The second-order valence-corrected chi connectivity index (χ2v) is 9.38.